The smallest absolute Gasteiger partial charge is 0.233 e. The molecule has 23 heavy (non-hydrogen) atoms. The van der Waals surface area contributed by atoms with Gasteiger partial charge in [0, 0.05) is 17.4 Å². The van der Waals surface area contributed by atoms with Crippen LogP contribution in [0.3, 0.4) is 0 Å². The van der Waals surface area contributed by atoms with Crippen molar-refractivity contribution in [2.24, 2.45) is 11.8 Å². The second kappa shape index (κ2) is 7.65. The molecular weight excluding hydrogens is 306 g/mol. The first-order valence-electron chi connectivity index (χ1n) is 8.58. The van der Waals surface area contributed by atoms with E-state index in [9.17, 15) is 4.79 Å². The zero-order valence-electron chi connectivity index (χ0n) is 15.1. The summed E-state index contributed by atoms with van der Waals surface area (Å²) in [5, 5.41) is 3.76. The molecule has 4 nitrogen and oxygen atoms in total. The first-order chi connectivity index (χ1) is 10.8. The fourth-order valence-corrected chi connectivity index (χ4v) is 3.96. The highest BCUT2D eigenvalue weighted by molar-refractivity contribution is 8.00. The third-order valence-corrected chi connectivity index (χ3v) is 6.26. The average molecular weight is 336 g/mol. The number of carbonyl (C=O) groups excluding carboxylic acids is 1. The summed E-state index contributed by atoms with van der Waals surface area (Å²) in [4.78, 5) is 21.5. The Morgan fingerprint density at radius 2 is 1.78 bits per heavy atom. The summed E-state index contributed by atoms with van der Waals surface area (Å²) in [7, 11) is 0. The molecule has 1 aliphatic carbocycles. The summed E-state index contributed by atoms with van der Waals surface area (Å²) in [6, 6.07) is 0.303. The van der Waals surface area contributed by atoms with Gasteiger partial charge in [0.1, 0.15) is 0 Å². The average Bonchev–Trinajstić information content (AvgIpc) is 2.49. The lowest BCUT2D eigenvalue weighted by Gasteiger charge is -2.35. The lowest BCUT2D eigenvalue weighted by Crippen LogP contribution is -2.46. The minimum Gasteiger partial charge on any atom is -0.352 e. The molecule has 4 atom stereocenters. The number of thioether (sulfide) groups is 1. The van der Waals surface area contributed by atoms with Gasteiger partial charge in [-0.25, -0.2) is 9.97 Å². The van der Waals surface area contributed by atoms with Crippen LogP contribution >= 0.6 is 11.8 Å². The van der Waals surface area contributed by atoms with Crippen LogP contribution in [0, 0.1) is 32.6 Å². The lowest BCUT2D eigenvalue weighted by molar-refractivity contribution is -0.121. The SMILES string of the molecule is Cc1nc(S[C@H](C)C(=O)N[C@H]2CCC[C@H](C)[C@@H]2C)nc(C)c1C. The molecule has 0 bridgehead atoms. The van der Waals surface area contributed by atoms with Crippen molar-refractivity contribution in [1.82, 2.24) is 15.3 Å². The van der Waals surface area contributed by atoms with E-state index in [2.05, 4.69) is 29.1 Å². The van der Waals surface area contributed by atoms with Gasteiger partial charge in [-0.1, -0.05) is 38.5 Å². The maximum absolute atomic E-state index is 12.5. The normalized spacial score (nSPS) is 25.9. The van der Waals surface area contributed by atoms with E-state index in [1.165, 1.54) is 24.6 Å². The molecule has 2 rings (SSSR count). The van der Waals surface area contributed by atoms with Crippen LogP contribution in [0.1, 0.15) is 57.0 Å². The summed E-state index contributed by atoms with van der Waals surface area (Å²) < 4.78 is 0. The van der Waals surface area contributed by atoms with Gasteiger partial charge in [-0.15, -0.1) is 0 Å². The maximum Gasteiger partial charge on any atom is 0.233 e. The molecule has 5 heteroatoms. The molecule has 1 aromatic rings. The van der Waals surface area contributed by atoms with E-state index in [1.54, 1.807) is 0 Å². The molecule has 1 aromatic heterocycles. The van der Waals surface area contributed by atoms with Crippen LogP contribution in [-0.4, -0.2) is 27.2 Å². The first-order valence-corrected chi connectivity index (χ1v) is 9.46. The van der Waals surface area contributed by atoms with E-state index in [0.29, 0.717) is 23.0 Å². The standard InChI is InChI=1S/C18H29N3OS/c1-10-8-7-9-16(11(10)2)21-17(22)15(6)23-18-19-13(4)12(3)14(5)20-18/h10-11,15-16H,7-9H2,1-6H3,(H,21,22)/t10-,11-,15+,16-/m0/s1. The first kappa shape index (κ1) is 18.2. The number of carbonyl (C=O) groups is 1. The molecule has 0 unspecified atom stereocenters. The quantitative estimate of drug-likeness (QED) is 0.671. The van der Waals surface area contributed by atoms with Crippen molar-refractivity contribution < 1.29 is 4.79 Å². The van der Waals surface area contributed by atoms with Gasteiger partial charge in [-0.2, -0.15) is 0 Å². The van der Waals surface area contributed by atoms with Crippen molar-refractivity contribution in [3.8, 4) is 0 Å². The Hall–Kier alpha value is -1.10. The Balaban J connectivity index is 1.97. The highest BCUT2D eigenvalue weighted by Crippen LogP contribution is 2.30. The van der Waals surface area contributed by atoms with Crippen LogP contribution in [0.15, 0.2) is 5.16 Å². The van der Waals surface area contributed by atoms with Gasteiger partial charge in [0.05, 0.1) is 5.25 Å². The molecule has 0 radical (unpaired) electrons. The van der Waals surface area contributed by atoms with E-state index in [1.807, 2.05) is 27.7 Å². The Morgan fingerprint density at radius 3 is 2.39 bits per heavy atom. The zero-order valence-corrected chi connectivity index (χ0v) is 16.0. The second-order valence-corrected chi connectivity index (χ2v) is 8.25. The monoisotopic (exact) mass is 335 g/mol. The van der Waals surface area contributed by atoms with E-state index in [-0.39, 0.29) is 11.2 Å². The summed E-state index contributed by atoms with van der Waals surface area (Å²) in [5.74, 6) is 1.33. The number of nitrogens with one attached hydrogen (secondary N) is 1. The van der Waals surface area contributed by atoms with Crippen LogP contribution in [0.5, 0.6) is 0 Å². The predicted molar refractivity (Wildman–Crippen MR) is 95.7 cm³/mol. The van der Waals surface area contributed by atoms with Gasteiger partial charge < -0.3 is 5.32 Å². The third-order valence-electron chi connectivity index (χ3n) is 5.30. The number of amides is 1. The van der Waals surface area contributed by atoms with Gasteiger partial charge in [-0.3, -0.25) is 4.79 Å². The van der Waals surface area contributed by atoms with Gasteiger partial charge in [0.25, 0.3) is 0 Å². The number of aromatic nitrogens is 2. The van der Waals surface area contributed by atoms with Gasteiger partial charge in [0.2, 0.25) is 5.91 Å². The Kier molecular flexibility index (Phi) is 6.06. The second-order valence-electron chi connectivity index (χ2n) is 6.94. The predicted octanol–water partition coefficient (Wildman–Crippen LogP) is 3.82. The van der Waals surface area contributed by atoms with Gasteiger partial charge >= 0.3 is 0 Å². The van der Waals surface area contributed by atoms with Crippen LogP contribution in [-0.2, 0) is 4.79 Å². The molecule has 0 spiro atoms. The number of nitrogens with zero attached hydrogens (tertiary/aromatic N) is 2. The van der Waals surface area contributed by atoms with Crippen molar-refractivity contribution in [1.29, 1.82) is 0 Å². The fourth-order valence-electron chi connectivity index (χ4n) is 3.09. The fraction of sp³-hybridized carbons (Fsp3) is 0.722. The summed E-state index contributed by atoms with van der Waals surface area (Å²) in [6.07, 6.45) is 3.57. The molecule has 0 aromatic carbocycles. The molecule has 1 fully saturated rings. The lowest BCUT2D eigenvalue weighted by atomic mass is 9.78. The number of hydrogen-bond acceptors (Lipinski definition) is 4. The Labute approximate surface area is 144 Å². The number of hydrogen-bond donors (Lipinski definition) is 1. The zero-order chi connectivity index (χ0) is 17.1. The van der Waals surface area contributed by atoms with Crippen molar-refractivity contribution in [3.05, 3.63) is 17.0 Å². The molecule has 1 aliphatic rings. The van der Waals surface area contributed by atoms with E-state index < -0.39 is 0 Å². The van der Waals surface area contributed by atoms with Crippen molar-refractivity contribution >= 4 is 17.7 Å². The summed E-state index contributed by atoms with van der Waals surface area (Å²) >= 11 is 1.45. The topological polar surface area (TPSA) is 54.9 Å². The summed E-state index contributed by atoms with van der Waals surface area (Å²) in [5.41, 5.74) is 3.10. The molecule has 1 N–H and O–H groups in total. The highest BCUT2D eigenvalue weighted by atomic mass is 32.2. The van der Waals surface area contributed by atoms with E-state index in [4.69, 9.17) is 0 Å². The maximum atomic E-state index is 12.5. The van der Waals surface area contributed by atoms with Crippen molar-refractivity contribution in [3.63, 3.8) is 0 Å². The molecule has 0 saturated heterocycles. The van der Waals surface area contributed by atoms with E-state index in [0.717, 1.165) is 23.4 Å². The van der Waals surface area contributed by atoms with E-state index >= 15 is 0 Å². The van der Waals surface area contributed by atoms with Crippen molar-refractivity contribution in [2.75, 3.05) is 0 Å². The molecule has 1 amide bonds. The molecular formula is C18H29N3OS. The molecule has 0 aliphatic heterocycles. The van der Waals surface area contributed by atoms with Crippen LogP contribution in [0.25, 0.3) is 0 Å². The Bertz CT molecular complexity index is 552. The Morgan fingerprint density at radius 1 is 1.17 bits per heavy atom. The molecule has 1 heterocycles. The highest BCUT2D eigenvalue weighted by Gasteiger charge is 2.29. The molecule has 1 saturated carbocycles. The van der Waals surface area contributed by atoms with Crippen molar-refractivity contribution in [2.45, 2.75) is 77.3 Å². The minimum atomic E-state index is -0.180. The molecule has 128 valence electrons. The van der Waals surface area contributed by atoms with Crippen LogP contribution in [0.4, 0.5) is 0 Å². The number of aryl methyl sites for hydroxylation is 2. The summed E-state index contributed by atoms with van der Waals surface area (Å²) in [6.45, 7) is 12.5. The third kappa shape index (κ3) is 4.46. The van der Waals surface area contributed by atoms with Crippen LogP contribution < -0.4 is 5.32 Å². The van der Waals surface area contributed by atoms with Gasteiger partial charge in [0.15, 0.2) is 5.16 Å². The minimum absolute atomic E-state index is 0.0976. The largest absolute Gasteiger partial charge is 0.352 e. The van der Waals surface area contributed by atoms with Gasteiger partial charge in [-0.05, 0) is 51.5 Å². The number of rotatable bonds is 4. The van der Waals surface area contributed by atoms with Crippen LogP contribution in [0.2, 0.25) is 0 Å².